The minimum atomic E-state index is -1.19. The van der Waals surface area contributed by atoms with Gasteiger partial charge in [0.05, 0.1) is 6.20 Å². The molecule has 0 aliphatic rings. The number of nitrogens with zero attached hydrogens (tertiary/aromatic N) is 5. The van der Waals surface area contributed by atoms with Crippen LogP contribution in [0.2, 0.25) is 25.7 Å². The van der Waals surface area contributed by atoms with E-state index in [-0.39, 0.29) is 5.82 Å². The number of imidazole rings is 1. The lowest BCUT2D eigenvalue weighted by Crippen LogP contribution is -2.22. The van der Waals surface area contributed by atoms with Gasteiger partial charge >= 0.3 is 0 Å². The molecule has 8 heteroatoms. The van der Waals surface area contributed by atoms with Crippen LogP contribution in [-0.4, -0.2) is 33.8 Å². The Morgan fingerprint density at radius 3 is 2.48 bits per heavy atom. The second-order valence-corrected chi connectivity index (χ2v) is 14.9. The average molecular weight is 462 g/mol. The highest BCUT2D eigenvalue weighted by molar-refractivity contribution is 6.76. The van der Waals surface area contributed by atoms with Gasteiger partial charge in [0.1, 0.15) is 35.7 Å². The van der Waals surface area contributed by atoms with E-state index in [1.165, 1.54) is 12.1 Å². The third-order valence-corrected chi connectivity index (χ3v) is 7.33. The largest absolute Gasteiger partial charge is 0.360 e. The van der Waals surface area contributed by atoms with Crippen molar-refractivity contribution in [2.75, 3.05) is 6.61 Å². The Balaban J connectivity index is 1.80. The van der Waals surface area contributed by atoms with Gasteiger partial charge in [0.15, 0.2) is 0 Å². The Kier molecular flexibility index (Phi) is 6.45. The number of pyridine rings is 1. The van der Waals surface area contributed by atoms with Gasteiger partial charge < -0.3 is 4.74 Å². The zero-order valence-electron chi connectivity index (χ0n) is 19.5. The Morgan fingerprint density at radius 2 is 1.82 bits per heavy atom. The van der Waals surface area contributed by atoms with E-state index in [1.54, 1.807) is 22.7 Å². The van der Waals surface area contributed by atoms with Gasteiger partial charge in [0.25, 0.3) is 0 Å². The van der Waals surface area contributed by atoms with Crippen LogP contribution >= 0.6 is 0 Å². The Bertz CT molecular complexity index is 1310. The molecule has 0 saturated heterocycles. The zero-order valence-corrected chi connectivity index (χ0v) is 20.5. The van der Waals surface area contributed by atoms with Crippen molar-refractivity contribution in [3.63, 3.8) is 0 Å². The molecule has 1 aromatic carbocycles. The van der Waals surface area contributed by atoms with E-state index in [1.807, 2.05) is 23.0 Å². The summed E-state index contributed by atoms with van der Waals surface area (Å²) in [7, 11) is -1.19. The molecule has 170 valence electrons. The van der Waals surface area contributed by atoms with Crippen LogP contribution in [0.15, 0.2) is 48.8 Å². The lowest BCUT2D eigenvalue weighted by molar-refractivity contribution is 0.0768. The Labute approximate surface area is 194 Å². The van der Waals surface area contributed by atoms with Gasteiger partial charge in [-0.2, -0.15) is 10.4 Å². The second kappa shape index (κ2) is 9.30. The summed E-state index contributed by atoms with van der Waals surface area (Å²) < 4.78 is 23.3. The summed E-state index contributed by atoms with van der Waals surface area (Å²) in [6.45, 7) is 10.1. The molecule has 0 bridgehead atoms. The smallest absolute Gasteiger partial charge is 0.144 e. The Morgan fingerprint density at radius 1 is 1.09 bits per heavy atom. The van der Waals surface area contributed by atoms with E-state index in [0.29, 0.717) is 24.7 Å². The molecule has 0 amide bonds. The maximum absolute atomic E-state index is 13.6. The van der Waals surface area contributed by atoms with Crippen LogP contribution in [0.5, 0.6) is 0 Å². The van der Waals surface area contributed by atoms with Gasteiger partial charge in [-0.3, -0.25) is 4.40 Å². The zero-order chi connectivity index (χ0) is 23.6. The summed E-state index contributed by atoms with van der Waals surface area (Å²) in [6.07, 6.45) is 4.23. The summed E-state index contributed by atoms with van der Waals surface area (Å²) in [6, 6.07) is 13.5. The van der Waals surface area contributed by atoms with Gasteiger partial charge in [0, 0.05) is 43.3 Å². The minimum absolute atomic E-state index is 0.288. The first-order valence-corrected chi connectivity index (χ1v) is 14.8. The molecule has 0 aliphatic carbocycles. The van der Waals surface area contributed by atoms with Crippen LogP contribution in [0.25, 0.3) is 28.0 Å². The first-order chi connectivity index (χ1) is 15.8. The average Bonchev–Trinajstić information content (AvgIpc) is 3.37. The van der Waals surface area contributed by atoms with Crippen LogP contribution < -0.4 is 0 Å². The first kappa shape index (κ1) is 22.9. The van der Waals surface area contributed by atoms with Crippen molar-refractivity contribution in [3.8, 4) is 28.5 Å². The summed E-state index contributed by atoms with van der Waals surface area (Å²) in [5, 5.41) is 14.3. The van der Waals surface area contributed by atoms with Crippen LogP contribution in [0.4, 0.5) is 4.39 Å². The Hall–Kier alpha value is -3.28. The van der Waals surface area contributed by atoms with Crippen molar-refractivity contribution in [3.05, 3.63) is 66.0 Å². The lowest BCUT2D eigenvalue weighted by atomic mass is 9.99. The van der Waals surface area contributed by atoms with Crippen LogP contribution in [0.1, 0.15) is 18.3 Å². The van der Waals surface area contributed by atoms with Gasteiger partial charge in [-0.25, -0.2) is 14.1 Å². The van der Waals surface area contributed by atoms with Gasteiger partial charge in [-0.05, 0) is 48.9 Å². The maximum Gasteiger partial charge on any atom is 0.144 e. The molecule has 0 N–H and O–H groups in total. The SMILES string of the molecule is CCc1c(-c2ccc3ncc(C#N)n3c2)c(-c2ccc(F)cc2)nn1COCC[Si](C)(C)C. The predicted molar refractivity (Wildman–Crippen MR) is 130 cm³/mol. The fraction of sp³-hybridized carbons (Fsp3) is 0.320. The fourth-order valence-corrected chi connectivity index (χ4v) is 4.57. The molecule has 0 atom stereocenters. The quantitative estimate of drug-likeness (QED) is 0.247. The molecule has 33 heavy (non-hydrogen) atoms. The van der Waals surface area contributed by atoms with E-state index < -0.39 is 8.07 Å². The third kappa shape index (κ3) is 4.89. The molecule has 4 rings (SSSR count). The van der Waals surface area contributed by atoms with Crippen molar-refractivity contribution >= 4 is 13.7 Å². The summed E-state index contributed by atoms with van der Waals surface area (Å²) in [5.74, 6) is -0.288. The highest BCUT2D eigenvalue weighted by Gasteiger charge is 2.21. The van der Waals surface area contributed by atoms with Crippen molar-refractivity contribution in [2.45, 2.75) is 45.8 Å². The fourth-order valence-electron chi connectivity index (χ4n) is 3.82. The minimum Gasteiger partial charge on any atom is -0.360 e. The molecule has 0 spiro atoms. The standard InChI is InChI=1S/C25H28FN5OSi/c1-5-22-24(19-8-11-23-28-15-21(14-27)30(23)16-19)25(18-6-9-20(26)10-7-18)29-31(22)17-32-12-13-33(2,3)4/h6-11,15-16H,5,12-13,17H2,1-4H3. The van der Waals surface area contributed by atoms with E-state index in [4.69, 9.17) is 9.84 Å². The molecular formula is C25H28FN5OSi. The monoisotopic (exact) mass is 461 g/mol. The molecule has 0 unspecified atom stereocenters. The highest BCUT2D eigenvalue weighted by atomic mass is 28.3. The van der Waals surface area contributed by atoms with Crippen LogP contribution in [0, 0.1) is 17.1 Å². The molecular weight excluding hydrogens is 433 g/mol. The number of fused-ring (bicyclic) bond motifs is 1. The number of benzene rings is 1. The van der Waals surface area contributed by atoms with E-state index in [9.17, 15) is 9.65 Å². The molecule has 3 heterocycles. The molecule has 0 fully saturated rings. The van der Waals surface area contributed by atoms with Crippen molar-refractivity contribution in [2.24, 2.45) is 0 Å². The topological polar surface area (TPSA) is 68.1 Å². The molecule has 0 aliphatic heterocycles. The number of ether oxygens (including phenoxy) is 1. The molecule has 0 radical (unpaired) electrons. The molecule has 6 nitrogen and oxygen atoms in total. The van der Waals surface area contributed by atoms with Gasteiger partial charge in [-0.15, -0.1) is 0 Å². The number of nitriles is 1. The van der Waals surface area contributed by atoms with E-state index in [0.717, 1.165) is 40.5 Å². The summed E-state index contributed by atoms with van der Waals surface area (Å²) >= 11 is 0. The number of rotatable bonds is 8. The maximum atomic E-state index is 13.6. The first-order valence-electron chi connectivity index (χ1n) is 11.1. The van der Waals surface area contributed by atoms with Crippen LogP contribution in [-0.2, 0) is 17.9 Å². The third-order valence-electron chi connectivity index (χ3n) is 5.63. The lowest BCUT2D eigenvalue weighted by Gasteiger charge is -2.16. The summed E-state index contributed by atoms with van der Waals surface area (Å²) in [4.78, 5) is 4.29. The highest BCUT2D eigenvalue weighted by Crippen LogP contribution is 2.35. The normalized spacial score (nSPS) is 11.8. The van der Waals surface area contributed by atoms with Crippen LogP contribution in [0.3, 0.4) is 0 Å². The summed E-state index contributed by atoms with van der Waals surface area (Å²) in [5.41, 5.74) is 5.67. The van der Waals surface area contributed by atoms with E-state index >= 15 is 0 Å². The van der Waals surface area contributed by atoms with Crippen molar-refractivity contribution in [1.29, 1.82) is 5.26 Å². The number of hydrogen-bond acceptors (Lipinski definition) is 4. The number of aromatic nitrogens is 4. The number of hydrogen-bond donors (Lipinski definition) is 0. The second-order valence-electron chi connectivity index (χ2n) is 9.28. The van der Waals surface area contributed by atoms with Crippen molar-refractivity contribution in [1.82, 2.24) is 19.2 Å². The molecule has 0 saturated carbocycles. The van der Waals surface area contributed by atoms with Crippen molar-refractivity contribution < 1.29 is 9.13 Å². The number of halogens is 1. The van der Waals surface area contributed by atoms with E-state index in [2.05, 4.69) is 37.6 Å². The van der Waals surface area contributed by atoms with Gasteiger partial charge in [0.2, 0.25) is 0 Å². The molecule has 4 aromatic rings. The molecule has 3 aromatic heterocycles. The predicted octanol–water partition coefficient (Wildman–Crippen LogP) is 5.75. The van der Waals surface area contributed by atoms with Gasteiger partial charge in [-0.1, -0.05) is 26.6 Å².